The second-order valence-corrected chi connectivity index (χ2v) is 5.61. The molecule has 0 N–H and O–H groups in total. The van der Waals surface area contributed by atoms with Gasteiger partial charge in [0.2, 0.25) is 0 Å². The Morgan fingerprint density at radius 2 is 1.85 bits per heavy atom. The maximum atomic E-state index is 12.1. The molecule has 0 unspecified atom stereocenters. The summed E-state index contributed by atoms with van der Waals surface area (Å²) in [6, 6.07) is 0. The molecule has 1 saturated carbocycles. The lowest BCUT2D eigenvalue weighted by Gasteiger charge is -2.23. The molecular formula is C15H20O5. The van der Waals surface area contributed by atoms with Crippen molar-refractivity contribution in [3.8, 4) is 0 Å². The number of hydrogen-bond acceptors (Lipinski definition) is 5. The van der Waals surface area contributed by atoms with Crippen LogP contribution >= 0.6 is 0 Å². The van der Waals surface area contributed by atoms with Crippen LogP contribution in [-0.2, 0) is 23.9 Å². The van der Waals surface area contributed by atoms with Crippen molar-refractivity contribution in [1.82, 2.24) is 0 Å². The number of rotatable bonds is 2. The van der Waals surface area contributed by atoms with Crippen LogP contribution in [0, 0.1) is 17.3 Å². The third-order valence-corrected chi connectivity index (χ3v) is 4.42. The highest BCUT2D eigenvalue weighted by Crippen LogP contribution is 2.49. The van der Waals surface area contributed by atoms with Crippen molar-refractivity contribution in [1.29, 1.82) is 0 Å². The Hall–Kier alpha value is -1.65. The number of methoxy groups -OCH3 is 2. The molecule has 2 rings (SSSR count). The van der Waals surface area contributed by atoms with E-state index in [0.29, 0.717) is 25.7 Å². The van der Waals surface area contributed by atoms with Crippen LogP contribution in [-0.4, -0.2) is 31.9 Å². The van der Waals surface area contributed by atoms with E-state index in [2.05, 4.69) is 0 Å². The summed E-state index contributed by atoms with van der Waals surface area (Å²) in [6.07, 6.45) is 6.37. The third-order valence-electron chi connectivity index (χ3n) is 4.42. The zero-order chi connectivity index (χ0) is 14.8. The van der Waals surface area contributed by atoms with Gasteiger partial charge in [0.15, 0.2) is 5.41 Å². The number of fused-ring (bicyclic) bond motifs is 1. The predicted octanol–water partition coefficient (Wildman–Crippen LogP) is 1.65. The van der Waals surface area contributed by atoms with Crippen LogP contribution in [0.1, 0.15) is 32.1 Å². The fraction of sp³-hybridized carbons (Fsp3) is 0.667. The highest BCUT2D eigenvalue weighted by molar-refractivity contribution is 6.00. The summed E-state index contributed by atoms with van der Waals surface area (Å²) < 4.78 is 9.61. The number of allylic oxidation sites excluding steroid dienone is 2. The van der Waals surface area contributed by atoms with E-state index in [-0.39, 0.29) is 17.6 Å². The monoisotopic (exact) mass is 280 g/mol. The average Bonchev–Trinajstić information content (AvgIpc) is 2.79. The standard InChI is InChI=1S/C15H20O5/c1-19-13(17)15(14(18)20-2)8-10-5-3-4-6-12(16)7-11(10)9-15/h3,5,10-11H,4,6-9H2,1-2H3/b5-3-/t10-,11+/m1/s1. The second kappa shape index (κ2) is 5.77. The fourth-order valence-corrected chi connectivity index (χ4v) is 3.42. The lowest BCUT2D eigenvalue weighted by Crippen LogP contribution is -2.39. The largest absolute Gasteiger partial charge is 0.468 e. The first-order valence-electron chi connectivity index (χ1n) is 6.88. The highest BCUT2D eigenvalue weighted by atomic mass is 16.5. The van der Waals surface area contributed by atoms with E-state index < -0.39 is 17.4 Å². The van der Waals surface area contributed by atoms with Gasteiger partial charge in [0, 0.05) is 12.8 Å². The van der Waals surface area contributed by atoms with Crippen molar-refractivity contribution in [3.05, 3.63) is 12.2 Å². The number of carbonyl (C=O) groups is 3. The quantitative estimate of drug-likeness (QED) is 0.437. The molecule has 0 aliphatic heterocycles. The Bertz CT molecular complexity index is 435. The van der Waals surface area contributed by atoms with Gasteiger partial charge in [0.1, 0.15) is 5.78 Å². The van der Waals surface area contributed by atoms with E-state index >= 15 is 0 Å². The molecule has 20 heavy (non-hydrogen) atoms. The molecule has 0 aromatic carbocycles. The van der Waals surface area contributed by atoms with E-state index in [4.69, 9.17) is 9.47 Å². The summed E-state index contributed by atoms with van der Waals surface area (Å²) in [5.41, 5.74) is -1.26. The molecule has 0 aromatic rings. The summed E-state index contributed by atoms with van der Waals surface area (Å²) in [6.45, 7) is 0. The van der Waals surface area contributed by atoms with Gasteiger partial charge in [0.25, 0.3) is 0 Å². The van der Waals surface area contributed by atoms with Crippen molar-refractivity contribution >= 4 is 17.7 Å². The minimum absolute atomic E-state index is 0.0113. The van der Waals surface area contributed by atoms with Crippen molar-refractivity contribution < 1.29 is 23.9 Å². The Labute approximate surface area is 118 Å². The smallest absolute Gasteiger partial charge is 0.323 e. The highest BCUT2D eigenvalue weighted by Gasteiger charge is 2.56. The molecule has 5 nitrogen and oxygen atoms in total. The van der Waals surface area contributed by atoms with E-state index in [9.17, 15) is 14.4 Å². The number of ether oxygens (including phenoxy) is 2. The molecule has 2 aliphatic carbocycles. The normalized spacial score (nSPS) is 29.8. The van der Waals surface area contributed by atoms with Crippen LogP contribution in [0.5, 0.6) is 0 Å². The second-order valence-electron chi connectivity index (χ2n) is 5.61. The first-order chi connectivity index (χ1) is 9.53. The maximum Gasteiger partial charge on any atom is 0.323 e. The maximum absolute atomic E-state index is 12.1. The van der Waals surface area contributed by atoms with Gasteiger partial charge in [-0.1, -0.05) is 12.2 Å². The van der Waals surface area contributed by atoms with Crippen LogP contribution in [0.2, 0.25) is 0 Å². The molecule has 2 atom stereocenters. The van der Waals surface area contributed by atoms with Gasteiger partial charge in [-0.15, -0.1) is 0 Å². The topological polar surface area (TPSA) is 69.7 Å². The van der Waals surface area contributed by atoms with E-state index in [1.807, 2.05) is 12.2 Å². The Morgan fingerprint density at radius 1 is 1.20 bits per heavy atom. The molecule has 0 aromatic heterocycles. The number of Topliss-reactive ketones (excluding diaryl/α,β-unsaturated/α-hetero) is 1. The van der Waals surface area contributed by atoms with Crippen LogP contribution in [0.4, 0.5) is 0 Å². The van der Waals surface area contributed by atoms with Gasteiger partial charge in [-0.25, -0.2) is 0 Å². The fourth-order valence-electron chi connectivity index (χ4n) is 3.42. The van der Waals surface area contributed by atoms with Crippen molar-refractivity contribution in [2.75, 3.05) is 14.2 Å². The van der Waals surface area contributed by atoms with Gasteiger partial charge >= 0.3 is 11.9 Å². The first kappa shape index (κ1) is 14.8. The van der Waals surface area contributed by atoms with Crippen molar-refractivity contribution in [3.63, 3.8) is 0 Å². The van der Waals surface area contributed by atoms with E-state index in [0.717, 1.165) is 6.42 Å². The van der Waals surface area contributed by atoms with Crippen LogP contribution < -0.4 is 0 Å². The molecular weight excluding hydrogens is 260 g/mol. The number of esters is 2. The summed E-state index contributed by atoms with van der Waals surface area (Å²) >= 11 is 0. The minimum Gasteiger partial charge on any atom is -0.468 e. The lowest BCUT2D eigenvalue weighted by molar-refractivity contribution is -0.169. The van der Waals surface area contributed by atoms with Crippen molar-refractivity contribution in [2.24, 2.45) is 17.3 Å². The number of hydrogen-bond donors (Lipinski definition) is 0. The summed E-state index contributed by atoms with van der Waals surface area (Å²) in [7, 11) is 2.54. The first-order valence-corrected chi connectivity index (χ1v) is 6.88. The average molecular weight is 280 g/mol. The van der Waals surface area contributed by atoms with E-state index in [1.165, 1.54) is 14.2 Å². The molecule has 110 valence electrons. The predicted molar refractivity (Wildman–Crippen MR) is 70.7 cm³/mol. The summed E-state index contributed by atoms with van der Waals surface area (Å²) in [5.74, 6) is -0.863. The zero-order valence-corrected chi connectivity index (χ0v) is 11.9. The summed E-state index contributed by atoms with van der Waals surface area (Å²) in [4.78, 5) is 36.0. The number of ketones is 1. The Balaban J connectivity index is 2.31. The molecule has 2 aliphatic rings. The molecule has 0 amide bonds. The van der Waals surface area contributed by atoms with Crippen LogP contribution in [0.15, 0.2) is 12.2 Å². The molecule has 0 radical (unpaired) electrons. The third kappa shape index (κ3) is 2.49. The zero-order valence-electron chi connectivity index (χ0n) is 11.9. The molecule has 0 spiro atoms. The van der Waals surface area contributed by atoms with E-state index in [1.54, 1.807) is 0 Å². The Kier molecular flexibility index (Phi) is 4.26. The number of carbonyl (C=O) groups excluding carboxylic acids is 3. The van der Waals surface area contributed by atoms with Gasteiger partial charge < -0.3 is 9.47 Å². The van der Waals surface area contributed by atoms with Crippen molar-refractivity contribution in [2.45, 2.75) is 32.1 Å². The van der Waals surface area contributed by atoms with Gasteiger partial charge in [-0.05, 0) is 31.1 Å². The SMILES string of the molecule is COC(=O)C1(C(=O)OC)C[C@@H]2CC(=O)CC/C=C\[C@@H]2C1. The lowest BCUT2D eigenvalue weighted by atomic mass is 9.84. The van der Waals surface area contributed by atoms with Crippen LogP contribution in [0.25, 0.3) is 0 Å². The van der Waals surface area contributed by atoms with Crippen LogP contribution in [0.3, 0.4) is 0 Å². The molecule has 0 saturated heterocycles. The van der Waals surface area contributed by atoms with Gasteiger partial charge in [0.05, 0.1) is 14.2 Å². The molecule has 0 bridgehead atoms. The Morgan fingerprint density at radius 3 is 2.45 bits per heavy atom. The molecule has 0 heterocycles. The van der Waals surface area contributed by atoms with Gasteiger partial charge in [-0.2, -0.15) is 0 Å². The summed E-state index contributed by atoms with van der Waals surface area (Å²) in [5, 5.41) is 0. The molecule has 5 heteroatoms. The van der Waals surface area contributed by atoms with Gasteiger partial charge in [-0.3, -0.25) is 14.4 Å². The minimum atomic E-state index is -1.26. The molecule has 1 fully saturated rings.